The summed E-state index contributed by atoms with van der Waals surface area (Å²) >= 11 is 0. The van der Waals surface area contributed by atoms with Crippen molar-refractivity contribution in [3.05, 3.63) is 70.8 Å². The minimum Gasteiger partial charge on any atom is -0.369 e. The van der Waals surface area contributed by atoms with E-state index in [9.17, 15) is 18.4 Å². The fourth-order valence-corrected chi connectivity index (χ4v) is 3.20. The molecule has 3 N–H and O–H groups in total. The van der Waals surface area contributed by atoms with E-state index in [1.165, 1.54) is 29.2 Å². The van der Waals surface area contributed by atoms with Crippen molar-refractivity contribution in [2.75, 3.05) is 0 Å². The smallest absolute Gasteiger partial charge is 0.251 e. The maximum absolute atomic E-state index is 14.1. The summed E-state index contributed by atoms with van der Waals surface area (Å²) < 4.78 is 27.1. The summed E-state index contributed by atoms with van der Waals surface area (Å²) in [6.45, 7) is 8.13. The van der Waals surface area contributed by atoms with Crippen LogP contribution >= 0.6 is 0 Å². The molecular formula is C24H30F2N4O2. The number of nitrogens with zero attached hydrogens (tertiary/aromatic N) is 2. The lowest BCUT2D eigenvalue weighted by molar-refractivity contribution is -0.129. The first kappa shape index (κ1) is 25.0. The number of rotatable bonds is 6. The lowest BCUT2D eigenvalue weighted by Gasteiger charge is -2.30. The Kier molecular flexibility index (Phi) is 8.87. The van der Waals surface area contributed by atoms with Gasteiger partial charge in [-0.3, -0.25) is 14.5 Å². The predicted octanol–water partition coefficient (Wildman–Crippen LogP) is 3.99. The highest BCUT2D eigenvalue weighted by Crippen LogP contribution is 2.20. The van der Waals surface area contributed by atoms with Gasteiger partial charge in [0.1, 0.15) is 11.6 Å². The van der Waals surface area contributed by atoms with Crippen LogP contribution in [0.3, 0.4) is 0 Å². The zero-order chi connectivity index (χ0) is 23.8. The average Bonchev–Trinajstić information content (AvgIpc) is 2.76. The van der Waals surface area contributed by atoms with Crippen LogP contribution in [0.15, 0.2) is 47.5 Å². The Morgan fingerprint density at radius 1 is 1.12 bits per heavy atom. The van der Waals surface area contributed by atoms with Crippen molar-refractivity contribution in [2.45, 2.75) is 53.2 Å². The van der Waals surface area contributed by atoms with Crippen LogP contribution in [0.5, 0.6) is 0 Å². The molecule has 2 amide bonds. The van der Waals surface area contributed by atoms with Gasteiger partial charge in [0, 0.05) is 12.1 Å². The fourth-order valence-electron chi connectivity index (χ4n) is 3.20. The number of carbonyl (C=O) groups is 2. The maximum Gasteiger partial charge on any atom is 0.251 e. The molecule has 1 atom stereocenters. The van der Waals surface area contributed by atoms with Crippen molar-refractivity contribution in [2.24, 2.45) is 16.6 Å². The van der Waals surface area contributed by atoms with Gasteiger partial charge in [0.25, 0.3) is 5.91 Å². The second kappa shape index (κ2) is 11.4. The number of guanidine groups is 1. The first-order valence-corrected chi connectivity index (χ1v) is 10.7. The molecular weight excluding hydrogens is 414 g/mol. The van der Waals surface area contributed by atoms with Crippen LogP contribution in [0, 0.1) is 17.6 Å². The van der Waals surface area contributed by atoms with Crippen LogP contribution in [-0.2, 0) is 17.9 Å². The Balaban J connectivity index is 0.00000176. The SMILES string of the molecule is CC.CC(C)C1CC(=O)N(Cc2cc(F)cc(C(=O)NCc3ccc(F)cc3)c2)C(N)=N1. The number of aliphatic imine (C=N–C) groups is 1. The maximum atomic E-state index is 14.1. The summed E-state index contributed by atoms with van der Waals surface area (Å²) in [5.41, 5.74) is 7.22. The van der Waals surface area contributed by atoms with Gasteiger partial charge < -0.3 is 11.1 Å². The summed E-state index contributed by atoms with van der Waals surface area (Å²) in [6.07, 6.45) is 0.235. The van der Waals surface area contributed by atoms with Gasteiger partial charge in [-0.15, -0.1) is 0 Å². The number of halogens is 2. The van der Waals surface area contributed by atoms with E-state index < -0.39 is 11.7 Å². The van der Waals surface area contributed by atoms with Gasteiger partial charge in [-0.05, 0) is 47.4 Å². The molecule has 0 saturated heterocycles. The van der Waals surface area contributed by atoms with Crippen molar-refractivity contribution >= 4 is 17.8 Å². The van der Waals surface area contributed by atoms with Gasteiger partial charge >= 0.3 is 0 Å². The molecule has 0 fully saturated rings. The summed E-state index contributed by atoms with van der Waals surface area (Å²) in [6, 6.07) is 9.43. The van der Waals surface area contributed by atoms with Gasteiger partial charge in [0.2, 0.25) is 5.91 Å². The summed E-state index contributed by atoms with van der Waals surface area (Å²) in [4.78, 5) is 30.6. The highest BCUT2D eigenvalue weighted by atomic mass is 19.1. The van der Waals surface area contributed by atoms with Gasteiger partial charge in [0.05, 0.1) is 19.0 Å². The van der Waals surface area contributed by atoms with E-state index in [4.69, 9.17) is 5.73 Å². The molecule has 3 rings (SSSR count). The predicted molar refractivity (Wildman–Crippen MR) is 121 cm³/mol. The van der Waals surface area contributed by atoms with E-state index in [2.05, 4.69) is 10.3 Å². The van der Waals surface area contributed by atoms with Crippen LogP contribution in [-0.4, -0.2) is 28.7 Å². The molecule has 0 radical (unpaired) electrons. The number of amides is 2. The van der Waals surface area contributed by atoms with Gasteiger partial charge in [0.15, 0.2) is 5.96 Å². The van der Waals surface area contributed by atoms with Crippen molar-refractivity contribution in [1.82, 2.24) is 10.2 Å². The quantitative estimate of drug-likeness (QED) is 0.706. The Morgan fingerprint density at radius 2 is 1.78 bits per heavy atom. The zero-order valence-electron chi connectivity index (χ0n) is 18.9. The first-order chi connectivity index (χ1) is 15.2. The molecule has 6 nitrogen and oxygen atoms in total. The minimum absolute atomic E-state index is 0.0228. The van der Waals surface area contributed by atoms with Crippen molar-refractivity contribution < 1.29 is 18.4 Å². The molecule has 32 heavy (non-hydrogen) atoms. The number of nitrogens with one attached hydrogen (secondary N) is 1. The molecule has 0 aliphatic carbocycles. The number of hydrogen-bond donors (Lipinski definition) is 2. The average molecular weight is 445 g/mol. The van der Waals surface area contributed by atoms with Gasteiger partial charge in [-0.25, -0.2) is 13.8 Å². The molecule has 0 aromatic heterocycles. The zero-order valence-corrected chi connectivity index (χ0v) is 18.9. The topological polar surface area (TPSA) is 87.8 Å². The van der Waals surface area contributed by atoms with Crippen LogP contribution in [0.2, 0.25) is 0 Å². The number of benzene rings is 2. The Labute approximate surface area is 187 Å². The lowest BCUT2D eigenvalue weighted by atomic mass is 9.99. The highest BCUT2D eigenvalue weighted by molar-refractivity contribution is 5.98. The number of nitrogens with two attached hydrogens (primary N) is 1. The molecule has 1 aliphatic heterocycles. The minimum atomic E-state index is -0.598. The third kappa shape index (κ3) is 6.60. The van der Waals surface area contributed by atoms with Crippen LogP contribution < -0.4 is 11.1 Å². The van der Waals surface area contributed by atoms with Crippen molar-refractivity contribution in [3.8, 4) is 0 Å². The van der Waals surface area contributed by atoms with E-state index in [1.54, 1.807) is 12.1 Å². The Bertz CT molecular complexity index is 974. The monoisotopic (exact) mass is 444 g/mol. The van der Waals surface area contributed by atoms with Crippen molar-refractivity contribution in [3.63, 3.8) is 0 Å². The third-order valence-electron chi connectivity index (χ3n) is 4.96. The van der Waals surface area contributed by atoms with Crippen LogP contribution in [0.1, 0.15) is 55.6 Å². The largest absolute Gasteiger partial charge is 0.369 e. The van der Waals surface area contributed by atoms with E-state index in [0.717, 1.165) is 6.07 Å². The van der Waals surface area contributed by atoms with E-state index >= 15 is 0 Å². The third-order valence-corrected chi connectivity index (χ3v) is 4.96. The molecule has 0 bridgehead atoms. The normalized spacial score (nSPS) is 15.7. The summed E-state index contributed by atoms with van der Waals surface area (Å²) in [7, 11) is 0. The standard InChI is InChI=1S/C22H24F2N4O2.C2H6/c1-13(2)19-10-20(29)28(22(25)27-19)12-15-7-16(9-18(24)8-15)21(30)26-11-14-3-5-17(23)6-4-14;1-2/h3-9,13,19H,10-12H2,1-2H3,(H2,25,27)(H,26,30);1-2H3. The van der Waals surface area contributed by atoms with Crippen LogP contribution in [0.25, 0.3) is 0 Å². The molecule has 172 valence electrons. The van der Waals surface area contributed by atoms with E-state index in [0.29, 0.717) is 11.1 Å². The number of carbonyl (C=O) groups excluding carboxylic acids is 2. The molecule has 2 aromatic rings. The first-order valence-electron chi connectivity index (χ1n) is 10.7. The highest BCUT2D eigenvalue weighted by Gasteiger charge is 2.29. The molecule has 1 unspecified atom stereocenters. The summed E-state index contributed by atoms with van der Waals surface area (Å²) in [5.74, 6) is -1.36. The Morgan fingerprint density at radius 3 is 2.38 bits per heavy atom. The molecule has 8 heteroatoms. The van der Waals surface area contributed by atoms with Gasteiger partial charge in [-0.2, -0.15) is 0 Å². The fraction of sp³-hybridized carbons (Fsp3) is 0.375. The Hall–Kier alpha value is -3.29. The second-order valence-electron chi connectivity index (χ2n) is 7.64. The van der Waals surface area contributed by atoms with Crippen molar-refractivity contribution in [1.29, 1.82) is 0 Å². The van der Waals surface area contributed by atoms with E-state index in [-0.39, 0.29) is 54.7 Å². The summed E-state index contributed by atoms with van der Waals surface area (Å²) in [5, 5.41) is 2.67. The lowest BCUT2D eigenvalue weighted by Crippen LogP contribution is -2.47. The van der Waals surface area contributed by atoms with E-state index in [1.807, 2.05) is 27.7 Å². The molecule has 0 spiro atoms. The molecule has 2 aromatic carbocycles. The van der Waals surface area contributed by atoms with Gasteiger partial charge in [-0.1, -0.05) is 39.8 Å². The molecule has 1 aliphatic rings. The molecule has 1 heterocycles. The van der Waals surface area contributed by atoms with Crippen LogP contribution in [0.4, 0.5) is 8.78 Å². The number of hydrogen-bond acceptors (Lipinski definition) is 4. The second-order valence-corrected chi connectivity index (χ2v) is 7.64. The molecule has 0 saturated carbocycles.